The molecule has 0 bridgehead atoms. The molecule has 1 aromatic heterocycles. The third-order valence-corrected chi connectivity index (χ3v) is 4.95. The first kappa shape index (κ1) is 24.4. The predicted octanol–water partition coefficient (Wildman–Crippen LogP) is 5.10. The number of para-hydroxylation sites is 1. The lowest BCUT2D eigenvalue weighted by Crippen LogP contribution is -2.24. The zero-order chi connectivity index (χ0) is 25.5. The number of aromatic nitrogens is 1. The standard InChI is InChI=1S/C26H20F2N2O6/c1-33-21-12-11-17(13-22(21)35-25(32)16-7-3-2-4-8-16)24-30-18(15-34-24)14-29-23(31)19-9-5-6-10-20(19)36-26(27)28/h2-13,15,26H,14H2,1H3,(H,29,31). The number of nitrogens with zero attached hydrogens (tertiary/aromatic N) is 1. The van der Waals surface area contributed by atoms with E-state index in [1.54, 1.807) is 48.5 Å². The van der Waals surface area contributed by atoms with Gasteiger partial charge in [0.1, 0.15) is 12.0 Å². The van der Waals surface area contributed by atoms with Crippen LogP contribution in [0.1, 0.15) is 26.4 Å². The molecule has 0 unspecified atom stereocenters. The van der Waals surface area contributed by atoms with Crippen molar-refractivity contribution >= 4 is 11.9 Å². The van der Waals surface area contributed by atoms with E-state index in [-0.39, 0.29) is 29.5 Å². The maximum Gasteiger partial charge on any atom is 0.387 e. The van der Waals surface area contributed by atoms with Crippen molar-refractivity contribution in [3.05, 3.63) is 95.9 Å². The fourth-order valence-electron chi connectivity index (χ4n) is 3.26. The van der Waals surface area contributed by atoms with E-state index in [1.165, 1.54) is 37.6 Å². The van der Waals surface area contributed by atoms with Crippen molar-refractivity contribution in [2.75, 3.05) is 7.11 Å². The SMILES string of the molecule is COc1ccc(-c2nc(CNC(=O)c3ccccc3OC(F)F)co2)cc1OC(=O)c1ccccc1. The van der Waals surface area contributed by atoms with Crippen molar-refractivity contribution in [3.8, 4) is 28.7 Å². The average molecular weight is 494 g/mol. The zero-order valence-corrected chi connectivity index (χ0v) is 18.9. The van der Waals surface area contributed by atoms with Crippen LogP contribution in [-0.4, -0.2) is 30.6 Å². The molecule has 0 fully saturated rings. The summed E-state index contributed by atoms with van der Waals surface area (Å²) in [5, 5.41) is 2.59. The van der Waals surface area contributed by atoms with Crippen LogP contribution in [0.5, 0.6) is 17.2 Å². The molecule has 1 amide bonds. The molecular formula is C26H20F2N2O6. The summed E-state index contributed by atoms with van der Waals surface area (Å²) in [7, 11) is 1.45. The fraction of sp³-hybridized carbons (Fsp3) is 0.115. The molecule has 36 heavy (non-hydrogen) atoms. The number of oxazole rings is 1. The number of hydrogen-bond donors (Lipinski definition) is 1. The van der Waals surface area contributed by atoms with Crippen LogP contribution < -0.4 is 19.5 Å². The first-order valence-electron chi connectivity index (χ1n) is 10.7. The van der Waals surface area contributed by atoms with E-state index in [1.807, 2.05) is 0 Å². The predicted molar refractivity (Wildman–Crippen MR) is 124 cm³/mol. The molecule has 0 aliphatic carbocycles. The van der Waals surface area contributed by atoms with Gasteiger partial charge in [-0.3, -0.25) is 4.79 Å². The Labute approximate surface area is 204 Å². The first-order chi connectivity index (χ1) is 17.4. The zero-order valence-electron chi connectivity index (χ0n) is 18.9. The average Bonchev–Trinajstić information content (AvgIpc) is 3.37. The smallest absolute Gasteiger partial charge is 0.387 e. The minimum absolute atomic E-state index is 0.0304. The van der Waals surface area contributed by atoms with Crippen LogP contribution in [0.4, 0.5) is 8.78 Å². The highest BCUT2D eigenvalue weighted by Gasteiger charge is 2.18. The Balaban J connectivity index is 1.46. The second-order valence-corrected chi connectivity index (χ2v) is 7.32. The quantitative estimate of drug-likeness (QED) is 0.255. The van der Waals surface area contributed by atoms with E-state index < -0.39 is 18.5 Å². The molecule has 0 radical (unpaired) electrons. The number of hydrogen-bond acceptors (Lipinski definition) is 7. The van der Waals surface area contributed by atoms with Gasteiger partial charge in [-0.2, -0.15) is 8.78 Å². The van der Waals surface area contributed by atoms with Gasteiger partial charge >= 0.3 is 12.6 Å². The van der Waals surface area contributed by atoms with E-state index in [0.29, 0.717) is 22.6 Å². The highest BCUT2D eigenvalue weighted by Crippen LogP contribution is 2.33. The summed E-state index contributed by atoms with van der Waals surface area (Å²) in [6, 6.07) is 19.0. The Kier molecular flexibility index (Phi) is 7.54. The van der Waals surface area contributed by atoms with Gasteiger partial charge in [-0.05, 0) is 42.5 Å². The molecule has 1 N–H and O–H groups in total. The number of rotatable bonds is 9. The van der Waals surface area contributed by atoms with E-state index in [2.05, 4.69) is 15.0 Å². The number of halogens is 2. The number of amides is 1. The highest BCUT2D eigenvalue weighted by atomic mass is 19.3. The molecule has 0 saturated carbocycles. The second kappa shape index (κ2) is 11.1. The molecule has 0 aliphatic rings. The monoisotopic (exact) mass is 494 g/mol. The minimum Gasteiger partial charge on any atom is -0.493 e. The molecule has 4 rings (SSSR count). The summed E-state index contributed by atoms with van der Waals surface area (Å²) in [5.41, 5.74) is 1.21. The van der Waals surface area contributed by atoms with Crippen molar-refractivity contribution in [2.45, 2.75) is 13.2 Å². The van der Waals surface area contributed by atoms with E-state index in [0.717, 1.165) is 0 Å². The Morgan fingerprint density at radius 1 is 0.972 bits per heavy atom. The summed E-state index contributed by atoms with van der Waals surface area (Å²) in [4.78, 5) is 29.3. The molecule has 10 heteroatoms. The van der Waals surface area contributed by atoms with Gasteiger partial charge in [0.15, 0.2) is 11.5 Å². The van der Waals surface area contributed by atoms with Gasteiger partial charge in [0.2, 0.25) is 5.89 Å². The van der Waals surface area contributed by atoms with Gasteiger partial charge in [-0.1, -0.05) is 30.3 Å². The van der Waals surface area contributed by atoms with Gasteiger partial charge in [0.25, 0.3) is 5.91 Å². The largest absolute Gasteiger partial charge is 0.493 e. The van der Waals surface area contributed by atoms with Crippen LogP contribution in [0, 0.1) is 0 Å². The third-order valence-electron chi connectivity index (χ3n) is 4.95. The first-order valence-corrected chi connectivity index (χ1v) is 10.7. The number of methoxy groups -OCH3 is 1. The third kappa shape index (κ3) is 5.84. The molecule has 0 atom stereocenters. The number of alkyl halides is 2. The number of benzene rings is 3. The van der Waals surface area contributed by atoms with E-state index >= 15 is 0 Å². The van der Waals surface area contributed by atoms with Crippen LogP contribution in [0.25, 0.3) is 11.5 Å². The minimum atomic E-state index is -3.06. The maximum atomic E-state index is 12.6. The lowest BCUT2D eigenvalue weighted by molar-refractivity contribution is -0.0501. The fourth-order valence-corrected chi connectivity index (χ4v) is 3.26. The van der Waals surface area contributed by atoms with Crippen LogP contribution in [0.15, 0.2) is 83.5 Å². The van der Waals surface area contributed by atoms with Crippen LogP contribution >= 0.6 is 0 Å². The molecule has 0 spiro atoms. The molecule has 0 aliphatic heterocycles. The van der Waals surface area contributed by atoms with Crippen LogP contribution in [0.2, 0.25) is 0 Å². The number of carbonyl (C=O) groups excluding carboxylic acids is 2. The molecule has 184 valence electrons. The highest BCUT2D eigenvalue weighted by molar-refractivity contribution is 5.96. The number of nitrogens with one attached hydrogen (secondary N) is 1. The van der Waals surface area contributed by atoms with E-state index in [9.17, 15) is 18.4 Å². The number of ether oxygens (including phenoxy) is 3. The van der Waals surface area contributed by atoms with Gasteiger partial charge in [-0.25, -0.2) is 9.78 Å². The van der Waals surface area contributed by atoms with Gasteiger partial charge in [-0.15, -0.1) is 0 Å². The normalized spacial score (nSPS) is 10.7. The van der Waals surface area contributed by atoms with Crippen molar-refractivity contribution in [2.24, 2.45) is 0 Å². The topological polar surface area (TPSA) is 99.9 Å². The lowest BCUT2D eigenvalue weighted by Gasteiger charge is -2.10. The van der Waals surface area contributed by atoms with Crippen molar-refractivity contribution < 1.29 is 37.0 Å². The van der Waals surface area contributed by atoms with Crippen molar-refractivity contribution in [1.82, 2.24) is 10.3 Å². The maximum absolute atomic E-state index is 12.6. The Morgan fingerprint density at radius 2 is 1.72 bits per heavy atom. The Bertz CT molecular complexity index is 1360. The van der Waals surface area contributed by atoms with Crippen LogP contribution in [0.3, 0.4) is 0 Å². The molecule has 4 aromatic rings. The Morgan fingerprint density at radius 3 is 2.47 bits per heavy atom. The lowest BCUT2D eigenvalue weighted by atomic mass is 10.2. The molecule has 8 nitrogen and oxygen atoms in total. The van der Waals surface area contributed by atoms with Crippen molar-refractivity contribution in [1.29, 1.82) is 0 Å². The molecule has 0 saturated heterocycles. The van der Waals surface area contributed by atoms with Gasteiger partial charge in [0.05, 0.1) is 30.5 Å². The molecule has 1 heterocycles. The number of carbonyl (C=O) groups is 2. The summed E-state index contributed by atoms with van der Waals surface area (Å²) in [6.07, 6.45) is 1.34. The summed E-state index contributed by atoms with van der Waals surface area (Å²) < 4.78 is 45.9. The van der Waals surface area contributed by atoms with Crippen LogP contribution in [-0.2, 0) is 6.54 Å². The summed E-state index contributed by atoms with van der Waals surface area (Å²) in [5.74, 6) is -0.686. The Hall–Kier alpha value is -4.73. The summed E-state index contributed by atoms with van der Waals surface area (Å²) in [6.45, 7) is -3.09. The van der Waals surface area contributed by atoms with Crippen molar-refractivity contribution in [3.63, 3.8) is 0 Å². The van der Waals surface area contributed by atoms with E-state index in [4.69, 9.17) is 13.9 Å². The molecular weight excluding hydrogens is 474 g/mol. The van der Waals surface area contributed by atoms with Gasteiger partial charge in [0, 0.05) is 5.56 Å². The summed E-state index contributed by atoms with van der Waals surface area (Å²) >= 11 is 0. The van der Waals surface area contributed by atoms with Gasteiger partial charge < -0.3 is 23.9 Å². The second-order valence-electron chi connectivity index (χ2n) is 7.32. The number of esters is 1. The molecule has 3 aromatic carbocycles.